The number of pyridine rings is 1. The zero-order valence-electron chi connectivity index (χ0n) is 13.3. The lowest BCUT2D eigenvalue weighted by atomic mass is 10.2. The highest BCUT2D eigenvalue weighted by molar-refractivity contribution is 6.37. The number of aromatic nitrogens is 1. The summed E-state index contributed by atoms with van der Waals surface area (Å²) in [6, 6.07) is 6.87. The van der Waals surface area contributed by atoms with Crippen LogP contribution in [0.2, 0.25) is 5.15 Å². The molecule has 0 spiro atoms. The minimum Gasteiger partial charge on any atom is -0.443 e. The van der Waals surface area contributed by atoms with Crippen molar-refractivity contribution in [3.63, 3.8) is 0 Å². The number of rotatable bonds is 5. The number of halogens is 1. The summed E-state index contributed by atoms with van der Waals surface area (Å²) in [5.41, 5.74) is 3.43. The smallest absolute Gasteiger partial charge is 0.430 e. The highest BCUT2D eigenvalue weighted by atomic mass is 35.5. The first kappa shape index (κ1) is 16.9. The van der Waals surface area contributed by atoms with Crippen LogP contribution in [0.3, 0.4) is 0 Å². The van der Waals surface area contributed by atoms with Crippen LogP contribution in [0.1, 0.15) is 11.3 Å². The summed E-state index contributed by atoms with van der Waals surface area (Å²) >= 11 is 5.78. The molecular weight excluding hydrogens is 348 g/mol. The van der Waals surface area contributed by atoms with Gasteiger partial charge in [-0.1, -0.05) is 17.7 Å². The van der Waals surface area contributed by atoms with Crippen LogP contribution in [0, 0.1) is 17.0 Å². The number of hydrazone groups is 1. The number of anilines is 1. The average molecular weight is 363 g/mol. The second kappa shape index (κ2) is 7.31. The van der Waals surface area contributed by atoms with E-state index in [9.17, 15) is 10.1 Å². The van der Waals surface area contributed by atoms with Crippen LogP contribution in [0.25, 0.3) is 0 Å². The van der Waals surface area contributed by atoms with Crippen LogP contribution < -0.4 is 5.43 Å². The van der Waals surface area contributed by atoms with Crippen LogP contribution in [-0.2, 0) is 6.54 Å². The summed E-state index contributed by atoms with van der Waals surface area (Å²) in [4.78, 5) is 20.9. The van der Waals surface area contributed by atoms with Crippen molar-refractivity contribution < 1.29 is 9.34 Å². The van der Waals surface area contributed by atoms with Gasteiger partial charge in [-0.2, -0.15) is 5.43 Å². The van der Waals surface area contributed by atoms with Gasteiger partial charge < -0.3 is 19.4 Å². The number of hydrogen-bond acceptors (Lipinski definition) is 8. The van der Waals surface area contributed by atoms with E-state index >= 15 is 0 Å². The quantitative estimate of drug-likeness (QED) is 0.288. The van der Waals surface area contributed by atoms with Crippen molar-refractivity contribution in [1.29, 1.82) is 0 Å². The molecule has 0 bridgehead atoms. The van der Waals surface area contributed by atoms with Crippen molar-refractivity contribution in [1.82, 2.24) is 9.88 Å². The Morgan fingerprint density at radius 3 is 2.96 bits per heavy atom. The van der Waals surface area contributed by atoms with E-state index in [1.54, 1.807) is 36.2 Å². The maximum atomic E-state index is 11.4. The molecule has 2 aromatic heterocycles. The van der Waals surface area contributed by atoms with Crippen molar-refractivity contribution in [3.05, 3.63) is 57.1 Å². The Balaban J connectivity index is 1.77. The zero-order chi connectivity index (χ0) is 17.8. The van der Waals surface area contributed by atoms with Gasteiger partial charge in [0.1, 0.15) is 10.9 Å². The van der Waals surface area contributed by atoms with Crippen LogP contribution in [-0.4, -0.2) is 39.6 Å². The highest BCUT2D eigenvalue weighted by Gasteiger charge is 2.31. The Morgan fingerprint density at radius 1 is 1.48 bits per heavy atom. The Labute approximate surface area is 148 Å². The number of nitro groups is 1. The van der Waals surface area contributed by atoms with Crippen LogP contribution in [0.15, 0.2) is 45.0 Å². The van der Waals surface area contributed by atoms with Crippen molar-refractivity contribution in [2.45, 2.75) is 13.5 Å². The molecular formula is C15H15ClN6O3. The predicted molar refractivity (Wildman–Crippen MR) is 93.5 cm³/mol. The van der Waals surface area contributed by atoms with Crippen molar-refractivity contribution in [2.75, 3.05) is 18.5 Å². The number of aryl methyl sites for hydroxylation is 1. The number of nitrogens with one attached hydrogen (secondary N) is 1. The molecule has 9 nitrogen and oxygen atoms in total. The highest BCUT2D eigenvalue weighted by Crippen LogP contribution is 2.14. The molecule has 0 saturated carbocycles. The summed E-state index contributed by atoms with van der Waals surface area (Å²) in [5.74, 6) is 0.850. The lowest BCUT2D eigenvalue weighted by Gasteiger charge is -2.17. The number of furan rings is 1. The van der Waals surface area contributed by atoms with Crippen LogP contribution >= 0.6 is 11.6 Å². The molecule has 1 N–H and O–H groups in total. The number of amidine groups is 2. The SMILES string of the molecule is Cc1ccc(NN=C(C2=NCCN2Cc2ccc(Cl)nc2)[N+](=O)[O-])o1. The fourth-order valence-electron chi connectivity index (χ4n) is 2.34. The monoisotopic (exact) mass is 362 g/mol. The molecule has 0 aromatic carbocycles. The molecule has 3 rings (SSSR count). The fraction of sp³-hybridized carbons (Fsp3) is 0.267. The molecule has 0 saturated heterocycles. The largest absolute Gasteiger partial charge is 0.443 e. The molecule has 0 amide bonds. The summed E-state index contributed by atoms with van der Waals surface area (Å²) < 4.78 is 5.29. The van der Waals surface area contributed by atoms with E-state index < -0.39 is 4.92 Å². The van der Waals surface area contributed by atoms with Crippen molar-refractivity contribution in [2.24, 2.45) is 10.1 Å². The van der Waals surface area contributed by atoms with Gasteiger partial charge in [0.15, 0.2) is 0 Å². The molecule has 10 heteroatoms. The Bertz CT molecular complexity index is 830. The molecule has 2 aromatic rings. The van der Waals surface area contributed by atoms with Gasteiger partial charge in [-0.05, 0) is 29.5 Å². The first-order valence-corrected chi connectivity index (χ1v) is 7.85. The Kier molecular flexibility index (Phi) is 4.94. The van der Waals surface area contributed by atoms with Gasteiger partial charge in [0.05, 0.1) is 11.6 Å². The second-order valence-corrected chi connectivity index (χ2v) is 5.72. The van der Waals surface area contributed by atoms with Gasteiger partial charge in [0.2, 0.25) is 11.7 Å². The zero-order valence-corrected chi connectivity index (χ0v) is 14.1. The first-order valence-electron chi connectivity index (χ1n) is 7.47. The average Bonchev–Trinajstić information content (AvgIpc) is 3.19. The maximum Gasteiger partial charge on any atom is 0.430 e. The number of hydrogen-bond donors (Lipinski definition) is 1. The van der Waals surface area contributed by atoms with Gasteiger partial charge in [-0.15, -0.1) is 0 Å². The summed E-state index contributed by atoms with van der Waals surface area (Å²) in [5, 5.41) is 15.7. The summed E-state index contributed by atoms with van der Waals surface area (Å²) in [7, 11) is 0. The lowest BCUT2D eigenvalue weighted by molar-refractivity contribution is -0.346. The molecule has 0 unspecified atom stereocenters. The van der Waals surface area contributed by atoms with E-state index in [-0.39, 0.29) is 11.7 Å². The standard InChI is InChI=1S/C15H15ClN6O3/c1-10-2-5-13(25-10)19-20-15(22(23)24)14-17-6-7-21(14)9-11-3-4-12(16)18-8-11/h2-5,8,19H,6-7,9H2,1H3. The first-order chi connectivity index (χ1) is 12.0. The molecule has 0 aliphatic carbocycles. The minimum absolute atomic E-state index is 0.218. The predicted octanol–water partition coefficient (Wildman–Crippen LogP) is 2.55. The molecule has 1 aliphatic heterocycles. The van der Waals surface area contributed by atoms with Crippen molar-refractivity contribution in [3.8, 4) is 0 Å². The van der Waals surface area contributed by atoms with E-state index in [1.165, 1.54) is 0 Å². The van der Waals surface area contributed by atoms with E-state index in [1.807, 2.05) is 6.07 Å². The van der Waals surface area contributed by atoms with Crippen LogP contribution in [0.5, 0.6) is 0 Å². The topological polar surface area (TPSA) is 109 Å². The molecule has 3 heterocycles. The van der Waals surface area contributed by atoms with Gasteiger partial charge >= 0.3 is 5.84 Å². The summed E-state index contributed by atoms with van der Waals surface area (Å²) in [6.45, 7) is 3.22. The molecule has 25 heavy (non-hydrogen) atoms. The normalized spacial score (nSPS) is 14.6. The second-order valence-electron chi connectivity index (χ2n) is 5.33. The maximum absolute atomic E-state index is 11.4. The van der Waals surface area contributed by atoms with E-state index in [2.05, 4.69) is 20.5 Å². The van der Waals surface area contributed by atoms with E-state index in [0.29, 0.717) is 36.4 Å². The third-order valence-corrected chi connectivity index (χ3v) is 3.70. The molecule has 0 fully saturated rings. The number of aliphatic imine (C=N–C) groups is 1. The molecule has 130 valence electrons. The van der Waals surface area contributed by atoms with Gasteiger partial charge in [0, 0.05) is 25.4 Å². The Hall–Kier alpha value is -2.94. The van der Waals surface area contributed by atoms with Gasteiger partial charge in [0.25, 0.3) is 0 Å². The molecule has 1 aliphatic rings. The van der Waals surface area contributed by atoms with Crippen molar-refractivity contribution >= 4 is 29.2 Å². The fourth-order valence-corrected chi connectivity index (χ4v) is 2.46. The minimum atomic E-state index is -0.569. The summed E-state index contributed by atoms with van der Waals surface area (Å²) in [6.07, 6.45) is 1.63. The number of nitrogens with zero attached hydrogens (tertiary/aromatic N) is 5. The van der Waals surface area contributed by atoms with Crippen LogP contribution in [0.4, 0.5) is 5.88 Å². The third kappa shape index (κ3) is 4.13. The van der Waals surface area contributed by atoms with Gasteiger partial charge in [-0.3, -0.25) is 4.99 Å². The lowest BCUT2D eigenvalue weighted by Crippen LogP contribution is -2.37. The van der Waals surface area contributed by atoms with Gasteiger partial charge in [-0.25, -0.2) is 4.98 Å². The van der Waals surface area contributed by atoms with E-state index in [4.69, 9.17) is 16.0 Å². The Morgan fingerprint density at radius 2 is 2.32 bits per heavy atom. The third-order valence-electron chi connectivity index (χ3n) is 3.48. The molecule has 0 atom stereocenters. The van der Waals surface area contributed by atoms with E-state index in [0.717, 1.165) is 5.56 Å². The molecule has 0 radical (unpaired) electrons.